The highest BCUT2D eigenvalue weighted by atomic mass is 32.2. The Hall–Kier alpha value is -2.16. The van der Waals surface area contributed by atoms with Crippen LogP contribution in [0.1, 0.15) is 49.8 Å². The summed E-state index contributed by atoms with van der Waals surface area (Å²) < 4.78 is 25.9. The second kappa shape index (κ2) is 9.47. The lowest BCUT2D eigenvalue weighted by molar-refractivity contribution is -0.123. The summed E-state index contributed by atoms with van der Waals surface area (Å²) in [7, 11) is -3.17. The predicted molar refractivity (Wildman–Crippen MR) is 139 cm³/mol. The fourth-order valence-electron chi connectivity index (χ4n) is 4.90. The van der Waals surface area contributed by atoms with Gasteiger partial charge in [-0.1, -0.05) is 30.9 Å². The number of anilines is 1. The lowest BCUT2D eigenvalue weighted by atomic mass is 9.97. The molecule has 1 unspecified atom stereocenters. The van der Waals surface area contributed by atoms with Gasteiger partial charge in [0.1, 0.15) is 21.8 Å². The van der Waals surface area contributed by atoms with Gasteiger partial charge in [0, 0.05) is 25.2 Å². The SMILES string of the molecule is CCn1c(N2CCC(C)CC2)c(/C=C2\SC(=S)N(C3CCS(=O)(=O)C3)C2=O)c(C)c(C#N)c1=O. The zero-order valence-electron chi connectivity index (χ0n) is 19.5. The third kappa shape index (κ3) is 4.43. The molecular weight excluding hydrogens is 492 g/mol. The van der Waals surface area contributed by atoms with Crippen LogP contribution in [0.5, 0.6) is 0 Å². The van der Waals surface area contributed by atoms with Crippen molar-refractivity contribution < 1.29 is 13.2 Å². The quantitative estimate of drug-likeness (QED) is 0.441. The zero-order valence-corrected chi connectivity index (χ0v) is 22.0. The van der Waals surface area contributed by atoms with Gasteiger partial charge in [0.05, 0.1) is 22.5 Å². The van der Waals surface area contributed by atoms with E-state index >= 15 is 0 Å². The van der Waals surface area contributed by atoms with E-state index in [0.29, 0.717) is 39.2 Å². The van der Waals surface area contributed by atoms with Crippen LogP contribution in [0.4, 0.5) is 5.82 Å². The lowest BCUT2D eigenvalue weighted by Gasteiger charge is -2.35. The Morgan fingerprint density at radius 3 is 2.47 bits per heavy atom. The maximum Gasteiger partial charge on any atom is 0.270 e. The molecule has 3 aliphatic heterocycles. The summed E-state index contributed by atoms with van der Waals surface area (Å²) >= 11 is 6.60. The van der Waals surface area contributed by atoms with Crippen molar-refractivity contribution in [2.24, 2.45) is 5.92 Å². The highest BCUT2D eigenvalue weighted by Crippen LogP contribution is 2.38. The van der Waals surface area contributed by atoms with Gasteiger partial charge in [-0.05, 0) is 50.7 Å². The smallest absolute Gasteiger partial charge is 0.270 e. The second-order valence-electron chi connectivity index (χ2n) is 9.18. The van der Waals surface area contributed by atoms with Crippen molar-refractivity contribution in [2.75, 3.05) is 29.5 Å². The molecule has 0 radical (unpaired) electrons. The fourth-order valence-corrected chi connectivity index (χ4v) is 7.99. The van der Waals surface area contributed by atoms with E-state index in [1.165, 1.54) is 4.90 Å². The molecule has 0 aliphatic carbocycles. The number of nitriles is 1. The summed E-state index contributed by atoms with van der Waals surface area (Å²) in [5.74, 6) is 0.978. The summed E-state index contributed by atoms with van der Waals surface area (Å²) in [6.45, 7) is 7.80. The molecule has 3 fully saturated rings. The van der Waals surface area contributed by atoms with Crippen LogP contribution >= 0.6 is 24.0 Å². The van der Waals surface area contributed by atoms with Crippen molar-refractivity contribution in [3.8, 4) is 6.07 Å². The largest absolute Gasteiger partial charge is 0.357 e. The molecule has 8 nitrogen and oxygen atoms in total. The Morgan fingerprint density at radius 1 is 1.24 bits per heavy atom. The van der Waals surface area contributed by atoms with Gasteiger partial charge in [0.25, 0.3) is 11.5 Å². The van der Waals surface area contributed by atoms with Crippen molar-refractivity contribution in [2.45, 2.75) is 52.6 Å². The van der Waals surface area contributed by atoms with Crippen molar-refractivity contribution in [1.29, 1.82) is 5.26 Å². The van der Waals surface area contributed by atoms with Crippen LogP contribution in [0.15, 0.2) is 9.70 Å². The van der Waals surface area contributed by atoms with Gasteiger partial charge in [0.2, 0.25) is 0 Å². The molecule has 3 aliphatic rings. The first-order chi connectivity index (χ1) is 16.1. The molecular formula is C23H28N4O4S3. The minimum Gasteiger partial charge on any atom is -0.357 e. The number of hydrogen-bond acceptors (Lipinski definition) is 8. The number of nitrogens with zero attached hydrogens (tertiary/aromatic N) is 4. The van der Waals surface area contributed by atoms with Crippen molar-refractivity contribution >= 4 is 55.9 Å². The summed E-state index contributed by atoms with van der Waals surface area (Å²) in [5, 5.41) is 9.71. The third-order valence-electron chi connectivity index (χ3n) is 6.92. The van der Waals surface area contributed by atoms with Gasteiger partial charge in [-0.25, -0.2) is 8.42 Å². The average molecular weight is 521 g/mol. The third-order valence-corrected chi connectivity index (χ3v) is 10.00. The van der Waals surface area contributed by atoms with Gasteiger partial charge in [0.15, 0.2) is 9.84 Å². The molecule has 1 atom stereocenters. The highest BCUT2D eigenvalue weighted by Gasteiger charge is 2.42. The number of sulfone groups is 1. The van der Waals surface area contributed by atoms with Crippen LogP contribution < -0.4 is 10.5 Å². The molecule has 11 heteroatoms. The van der Waals surface area contributed by atoms with E-state index in [9.17, 15) is 23.3 Å². The van der Waals surface area contributed by atoms with Gasteiger partial charge in [-0.2, -0.15) is 5.26 Å². The van der Waals surface area contributed by atoms with E-state index in [0.717, 1.165) is 43.5 Å². The van der Waals surface area contributed by atoms with Crippen LogP contribution in [0, 0.1) is 24.2 Å². The van der Waals surface area contributed by atoms with Gasteiger partial charge >= 0.3 is 0 Å². The molecule has 0 N–H and O–H groups in total. The topological polar surface area (TPSA) is 103 Å². The molecule has 182 valence electrons. The lowest BCUT2D eigenvalue weighted by Crippen LogP contribution is -2.39. The van der Waals surface area contributed by atoms with Gasteiger partial charge < -0.3 is 4.90 Å². The second-order valence-corrected chi connectivity index (χ2v) is 13.1. The first-order valence-corrected chi connectivity index (χ1v) is 14.5. The summed E-state index contributed by atoms with van der Waals surface area (Å²) in [6, 6.07) is 1.60. The maximum atomic E-state index is 13.3. The maximum absolute atomic E-state index is 13.3. The predicted octanol–water partition coefficient (Wildman–Crippen LogP) is 2.67. The van der Waals surface area contributed by atoms with Crippen LogP contribution in [0.2, 0.25) is 0 Å². The molecule has 0 aromatic carbocycles. The molecule has 4 rings (SSSR count). The minimum absolute atomic E-state index is 0.0530. The Labute approximate surface area is 209 Å². The molecule has 0 bridgehead atoms. The average Bonchev–Trinajstić information content (AvgIpc) is 3.28. The number of rotatable bonds is 4. The zero-order chi connectivity index (χ0) is 24.8. The number of pyridine rings is 1. The number of thioether (sulfide) groups is 1. The van der Waals surface area contributed by atoms with E-state index in [-0.39, 0.29) is 28.5 Å². The fraction of sp³-hybridized carbons (Fsp3) is 0.565. The van der Waals surface area contributed by atoms with Gasteiger partial charge in [-0.3, -0.25) is 19.1 Å². The molecule has 4 heterocycles. The highest BCUT2D eigenvalue weighted by molar-refractivity contribution is 8.26. The Morgan fingerprint density at radius 2 is 1.91 bits per heavy atom. The molecule has 34 heavy (non-hydrogen) atoms. The normalized spacial score (nSPS) is 24.3. The van der Waals surface area contributed by atoms with E-state index in [1.807, 2.05) is 13.0 Å². The number of piperidine rings is 1. The molecule has 3 saturated heterocycles. The first-order valence-electron chi connectivity index (χ1n) is 11.5. The van der Waals surface area contributed by atoms with E-state index in [2.05, 4.69) is 11.8 Å². The number of thiocarbonyl (C=S) groups is 1. The number of aromatic nitrogens is 1. The monoisotopic (exact) mass is 520 g/mol. The Bertz CT molecular complexity index is 1280. The molecule has 1 amide bonds. The number of carbonyl (C=O) groups is 1. The summed E-state index contributed by atoms with van der Waals surface area (Å²) in [6.07, 6.45) is 4.10. The van der Waals surface area contributed by atoms with Crippen LogP contribution in [-0.4, -0.2) is 58.7 Å². The Balaban J connectivity index is 1.82. The van der Waals surface area contributed by atoms with Crippen LogP contribution in [0.3, 0.4) is 0 Å². The van der Waals surface area contributed by atoms with E-state index in [4.69, 9.17) is 12.2 Å². The molecule has 0 spiro atoms. The Kier molecular flexibility index (Phi) is 6.95. The van der Waals surface area contributed by atoms with Crippen LogP contribution in [0.25, 0.3) is 6.08 Å². The van der Waals surface area contributed by atoms with E-state index < -0.39 is 15.9 Å². The van der Waals surface area contributed by atoms with Crippen molar-refractivity contribution in [3.63, 3.8) is 0 Å². The standard InChI is InChI=1S/C23H28N4O4S3/c1-4-26-20(25-8-5-14(2)6-9-25)17(15(3)18(12-24)21(26)28)11-19-22(29)27(23(32)33-19)16-7-10-34(30,31)13-16/h11,14,16H,4-10,13H2,1-3H3/b19-11-. The molecule has 0 saturated carbocycles. The summed E-state index contributed by atoms with van der Waals surface area (Å²) in [5.41, 5.74) is 0.961. The van der Waals surface area contributed by atoms with Crippen molar-refractivity contribution in [3.05, 3.63) is 31.9 Å². The molecule has 1 aromatic rings. The van der Waals surface area contributed by atoms with Crippen molar-refractivity contribution in [1.82, 2.24) is 9.47 Å². The minimum atomic E-state index is -3.17. The molecule has 1 aromatic heterocycles. The summed E-state index contributed by atoms with van der Waals surface area (Å²) in [4.78, 5) is 30.4. The number of hydrogen-bond donors (Lipinski definition) is 0. The van der Waals surface area contributed by atoms with Crippen LogP contribution in [-0.2, 0) is 21.2 Å². The first kappa shape index (κ1) is 24.9. The number of amides is 1. The van der Waals surface area contributed by atoms with Gasteiger partial charge in [-0.15, -0.1) is 0 Å². The number of carbonyl (C=O) groups excluding carboxylic acids is 1. The van der Waals surface area contributed by atoms with E-state index in [1.54, 1.807) is 17.6 Å².